The van der Waals surface area contributed by atoms with Gasteiger partial charge in [-0.05, 0) is 54.3 Å². The van der Waals surface area contributed by atoms with Crippen molar-refractivity contribution in [3.05, 3.63) is 64.4 Å². The van der Waals surface area contributed by atoms with Crippen molar-refractivity contribution in [1.82, 2.24) is 9.88 Å². The van der Waals surface area contributed by atoms with Crippen LogP contribution in [0, 0.1) is 0 Å². The van der Waals surface area contributed by atoms with E-state index in [9.17, 15) is 0 Å². The van der Waals surface area contributed by atoms with Crippen LogP contribution >= 0.6 is 15.9 Å². The highest BCUT2D eigenvalue weighted by Crippen LogP contribution is 2.28. The lowest BCUT2D eigenvalue weighted by Crippen LogP contribution is -2.19. The first-order valence-electron chi connectivity index (χ1n) is 6.68. The lowest BCUT2D eigenvalue weighted by molar-refractivity contribution is 0.327. The Hall–Kier alpha value is -1.19. The van der Waals surface area contributed by atoms with Gasteiger partial charge >= 0.3 is 0 Å². The average Bonchev–Trinajstić information content (AvgIpc) is 2.89. The highest BCUT2D eigenvalue weighted by Gasteiger charge is 2.23. The van der Waals surface area contributed by atoms with Gasteiger partial charge in [0.25, 0.3) is 0 Å². The Balaban J connectivity index is 1.62. The smallest absolute Gasteiger partial charge is 0.0271 e. The molecule has 3 rings (SSSR count). The van der Waals surface area contributed by atoms with Crippen molar-refractivity contribution in [2.45, 2.75) is 18.9 Å². The molecule has 2 nitrogen and oxygen atoms in total. The molecule has 1 unspecified atom stereocenters. The predicted molar refractivity (Wildman–Crippen MR) is 81.0 cm³/mol. The van der Waals surface area contributed by atoms with Crippen LogP contribution in [-0.4, -0.2) is 23.0 Å². The zero-order valence-corrected chi connectivity index (χ0v) is 12.4. The third kappa shape index (κ3) is 3.23. The minimum Gasteiger partial charge on any atom is -0.298 e. The zero-order chi connectivity index (χ0) is 13.1. The molecule has 19 heavy (non-hydrogen) atoms. The minimum absolute atomic E-state index is 0.676. The molecule has 0 bridgehead atoms. The lowest BCUT2D eigenvalue weighted by atomic mass is 9.99. The number of hydrogen-bond acceptors (Lipinski definition) is 2. The standard InChI is InChI=1S/C16H17BrN2/c17-16-3-1-14(2-4-16)15-7-10-19(12-15)11-13-5-8-18-9-6-13/h1-6,8-9,15H,7,10-12H2. The number of aromatic nitrogens is 1. The maximum absolute atomic E-state index is 4.07. The first-order valence-corrected chi connectivity index (χ1v) is 7.47. The molecular weight excluding hydrogens is 300 g/mol. The van der Waals surface area contributed by atoms with Gasteiger partial charge in [0.1, 0.15) is 0 Å². The topological polar surface area (TPSA) is 16.1 Å². The molecule has 1 aromatic heterocycles. The highest BCUT2D eigenvalue weighted by molar-refractivity contribution is 9.10. The number of likely N-dealkylation sites (tertiary alicyclic amines) is 1. The SMILES string of the molecule is Brc1ccc(C2CCN(Cc3ccncc3)C2)cc1. The van der Waals surface area contributed by atoms with Gasteiger partial charge in [0.2, 0.25) is 0 Å². The summed E-state index contributed by atoms with van der Waals surface area (Å²) in [6.45, 7) is 3.38. The summed E-state index contributed by atoms with van der Waals surface area (Å²) >= 11 is 3.49. The number of hydrogen-bond donors (Lipinski definition) is 0. The van der Waals surface area contributed by atoms with Crippen molar-refractivity contribution < 1.29 is 0 Å². The molecule has 0 spiro atoms. The quantitative estimate of drug-likeness (QED) is 0.855. The van der Waals surface area contributed by atoms with E-state index in [2.05, 4.69) is 62.2 Å². The molecule has 0 aliphatic carbocycles. The number of pyridine rings is 1. The molecule has 0 amide bonds. The van der Waals surface area contributed by atoms with Crippen molar-refractivity contribution in [2.24, 2.45) is 0 Å². The summed E-state index contributed by atoms with van der Waals surface area (Å²) in [5.41, 5.74) is 2.81. The largest absolute Gasteiger partial charge is 0.298 e. The van der Waals surface area contributed by atoms with Crippen LogP contribution in [0.15, 0.2) is 53.3 Å². The third-order valence-corrected chi connectivity index (χ3v) is 4.30. The molecule has 3 heteroatoms. The maximum atomic E-state index is 4.07. The van der Waals surface area contributed by atoms with Crippen LogP contribution in [0.2, 0.25) is 0 Å². The molecule has 0 saturated carbocycles. The Morgan fingerprint density at radius 2 is 1.84 bits per heavy atom. The summed E-state index contributed by atoms with van der Waals surface area (Å²) in [5.74, 6) is 0.676. The molecule has 1 saturated heterocycles. The second-order valence-electron chi connectivity index (χ2n) is 5.13. The Bertz CT molecular complexity index is 524. The number of halogens is 1. The van der Waals surface area contributed by atoms with Gasteiger partial charge in [-0.3, -0.25) is 9.88 Å². The Morgan fingerprint density at radius 3 is 2.58 bits per heavy atom. The Morgan fingerprint density at radius 1 is 1.11 bits per heavy atom. The fourth-order valence-corrected chi connectivity index (χ4v) is 2.99. The first-order chi connectivity index (χ1) is 9.31. The van der Waals surface area contributed by atoms with Gasteiger partial charge in [0.05, 0.1) is 0 Å². The molecule has 2 heterocycles. The van der Waals surface area contributed by atoms with E-state index in [0.29, 0.717) is 5.92 Å². The molecule has 1 atom stereocenters. The van der Waals surface area contributed by atoms with E-state index < -0.39 is 0 Å². The van der Waals surface area contributed by atoms with E-state index in [-0.39, 0.29) is 0 Å². The van der Waals surface area contributed by atoms with E-state index in [4.69, 9.17) is 0 Å². The molecule has 1 aliphatic heterocycles. The highest BCUT2D eigenvalue weighted by atomic mass is 79.9. The van der Waals surface area contributed by atoms with Crippen molar-refractivity contribution >= 4 is 15.9 Å². The molecule has 1 aliphatic rings. The number of rotatable bonds is 3. The average molecular weight is 317 g/mol. The number of benzene rings is 1. The lowest BCUT2D eigenvalue weighted by Gasteiger charge is -2.16. The van der Waals surface area contributed by atoms with Crippen molar-refractivity contribution in [2.75, 3.05) is 13.1 Å². The van der Waals surface area contributed by atoms with Gasteiger partial charge < -0.3 is 0 Å². The molecule has 1 aromatic carbocycles. The summed E-state index contributed by atoms with van der Waals surface area (Å²) < 4.78 is 1.16. The summed E-state index contributed by atoms with van der Waals surface area (Å²) in [7, 11) is 0. The van der Waals surface area contributed by atoms with Gasteiger partial charge in [0.15, 0.2) is 0 Å². The molecule has 1 fully saturated rings. The molecular formula is C16H17BrN2. The third-order valence-electron chi connectivity index (χ3n) is 3.77. The molecule has 0 radical (unpaired) electrons. The summed E-state index contributed by atoms with van der Waals surface area (Å²) in [5, 5.41) is 0. The van der Waals surface area contributed by atoms with Crippen LogP contribution < -0.4 is 0 Å². The second kappa shape index (κ2) is 5.85. The van der Waals surface area contributed by atoms with E-state index in [0.717, 1.165) is 17.6 Å². The van der Waals surface area contributed by atoms with Crippen LogP contribution in [-0.2, 0) is 6.54 Å². The van der Waals surface area contributed by atoms with Crippen molar-refractivity contribution in [1.29, 1.82) is 0 Å². The van der Waals surface area contributed by atoms with E-state index in [1.807, 2.05) is 12.4 Å². The van der Waals surface area contributed by atoms with E-state index >= 15 is 0 Å². The van der Waals surface area contributed by atoms with E-state index in [1.54, 1.807) is 0 Å². The second-order valence-corrected chi connectivity index (χ2v) is 6.04. The normalized spacial score (nSPS) is 19.7. The summed E-state index contributed by atoms with van der Waals surface area (Å²) in [6, 6.07) is 13.0. The van der Waals surface area contributed by atoms with Gasteiger partial charge in [-0.1, -0.05) is 28.1 Å². The van der Waals surface area contributed by atoms with Crippen molar-refractivity contribution in [3.63, 3.8) is 0 Å². The van der Waals surface area contributed by atoms with Crippen LogP contribution in [0.25, 0.3) is 0 Å². The molecule has 2 aromatic rings. The Kier molecular flexibility index (Phi) is 3.95. The number of nitrogens with zero attached hydrogens (tertiary/aromatic N) is 2. The van der Waals surface area contributed by atoms with Crippen LogP contribution in [0.1, 0.15) is 23.5 Å². The van der Waals surface area contributed by atoms with Gasteiger partial charge in [-0.2, -0.15) is 0 Å². The first kappa shape index (κ1) is 12.8. The maximum Gasteiger partial charge on any atom is 0.0271 e. The van der Waals surface area contributed by atoms with Gasteiger partial charge in [-0.15, -0.1) is 0 Å². The Labute approximate surface area is 122 Å². The monoisotopic (exact) mass is 316 g/mol. The van der Waals surface area contributed by atoms with Crippen LogP contribution in [0.5, 0.6) is 0 Å². The summed E-state index contributed by atoms with van der Waals surface area (Å²) in [6.07, 6.45) is 5.00. The van der Waals surface area contributed by atoms with Gasteiger partial charge in [-0.25, -0.2) is 0 Å². The zero-order valence-electron chi connectivity index (χ0n) is 10.8. The van der Waals surface area contributed by atoms with Gasteiger partial charge in [0, 0.05) is 30.0 Å². The van der Waals surface area contributed by atoms with Crippen LogP contribution in [0.3, 0.4) is 0 Å². The molecule has 0 N–H and O–H groups in total. The fraction of sp³-hybridized carbons (Fsp3) is 0.312. The van der Waals surface area contributed by atoms with Crippen LogP contribution in [0.4, 0.5) is 0 Å². The van der Waals surface area contributed by atoms with E-state index in [1.165, 1.54) is 24.1 Å². The predicted octanol–water partition coefficient (Wildman–Crippen LogP) is 3.83. The minimum atomic E-state index is 0.676. The molecule has 98 valence electrons. The van der Waals surface area contributed by atoms with Crippen molar-refractivity contribution in [3.8, 4) is 0 Å². The fourth-order valence-electron chi connectivity index (χ4n) is 2.73. The summed E-state index contributed by atoms with van der Waals surface area (Å²) in [4.78, 5) is 6.60.